The molecule has 3 aromatic rings. The number of rotatable bonds is 3. The Morgan fingerprint density at radius 1 is 1.19 bits per heavy atom. The van der Waals surface area contributed by atoms with Crippen LogP contribution in [0.5, 0.6) is 0 Å². The summed E-state index contributed by atoms with van der Waals surface area (Å²) >= 11 is 6.14. The van der Waals surface area contributed by atoms with Crippen LogP contribution in [0.4, 0.5) is 17.2 Å². The molecule has 0 aliphatic heterocycles. The SMILES string of the molecule is Cc1c(Cl)nc2ncnn2c1Nc1ccc(N(C)C)cc1. The third-order valence-electron chi connectivity index (χ3n) is 3.25. The van der Waals surface area contributed by atoms with Crippen molar-refractivity contribution in [2.45, 2.75) is 6.92 Å². The highest BCUT2D eigenvalue weighted by Gasteiger charge is 2.12. The normalized spacial score (nSPS) is 10.9. The van der Waals surface area contributed by atoms with Crippen molar-refractivity contribution >= 4 is 34.6 Å². The summed E-state index contributed by atoms with van der Waals surface area (Å²) in [6, 6.07) is 8.09. The molecular weight excluding hydrogens is 288 g/mol. The number of aromatic nitrogens is 4. The first kappa shape index (κ1) is 13.6. The number of hydrogen-bond acceptors (Lipinski definition) is 5. The zero-order chi connectivity index (χ0) is 15.0. The molecule has 2 heterocycles. The van der Waals surface area contributed by atoms with Crippen LogP contribution in [0.3, 0.4) is 0 Å². The Hall–Kier alpha value is -2.34. The van der Waals surface area contributed by atoms with E-state index in [1.54, 1.807) is 4.52 Å². The number of fused-ring (bicyclic) bond motifs is 1. The van der Waals surface area contributed by atoms with Crippen LogP contribution in [0.15, 0.2) is 30.6 Å². The van der Waals surface area contributed by atoms with E-state index in [9.17, 15) is 0 Å². The van der Waals surface area contributed by atoms with Crippen LogP contribution < -0.4 is 10.2 Å². The zero-order valence-corrected chi connectivity index (χ0v) is 12.8. The summed E-state index contributed by atoms with van der Waals surface area (Å²) in [7, 11) is 4.02. The minimum Gasteiger partial charge on any atom is -0.378 e. The highest BCUT2D eigenvalue weighted by molar-refractivity contribution is 6.30. The molecule has 0 saturated heterocycles. The molecule has 7 heteroatoms. The highest BCUT2D eigenvalue weighted by Crippen LogP contribution is 2.26. The van der Waals surface area contributed by atoms with Crippen molar-refractivity contribution in [1.82, 2.24) is 19.6 Å². The van der Waals surface area contributed by atoms with Gasteiger partial charge in [0.15, 0.2) is 0 Å². The molecule has 0 unspecified atom stereocenters. The molecule has 6 nitrogen and oxygen atoms in total. The summed E-state index contributed by atoms with van der Waals surface area (Å²) in [5.74, 6) is 1.23. The average Bonchev–Trinajstić information content (AvgIpc) is 2.92. The molecule has 0 atom stereocenters. The lowest BCUT2D eigenvalue weighted by atomic mass is 10.2. The van der Waals surface area contributed by atoms with E-state index >= 15 is 0 Å². The van der Waals surface area contributed by atoms with Crippen molar-refractivity contribution in [3.63, 3.8) is 0 Å². The maximum absolute atomic E-state index is 6.14. The van der Waals surface area contributed by atoms with Crippen LogP contribution in [0.1, 0.15) is 5.56 Å². The number of nitrogens with one attached hydrogen (secondary N) is 1. The molecule has 3 rings (SSSR count). The molecule has 0 saturated carbocycles. The highest BCUT2D eigenvalue weighted by atomic mass is 35.5. The Labute approximate surface area is 127 Å². The number of hydrogen-bond donors (Lipinski definition) is 1. The second-order valence-electron chi connectivity index (χ2n) is 4.91. The maximum Gasteiger partial charge on any atom is 0.255 e. The second-order valence-corrected chi connectivity index (χ2v) is 5.27. The summed E-state index contributed by atoms with van der Waals surface area (Å²) < 4.78 is 1.64. The minimum atomic E-state index is 0.419. The lowest BCUT2D eigenvalue weighted by molar-refractivity contribution is 0.936. The molecule has 0 radical (unpaired) electrons. The molecule has 108 valence electrons. The van der Waals surface area contributed by atoms with Gasteiger partial charge in [0.1, 0.15) is 17.3 Å². The molecule has 0 aliphatic rings. The van der Waals surface area contributed by atoms with Gasteiger partial charge in [-0.3, -0.25) is 0 Å². The van der Waals surface area contributed by atoms with E-state index in [4.69, 9.17) is 11.6 Å². The Morgan fingerprint density at radius 3 is 2.57 bits per heavy atom. The van der Waals surface area contributed by atoms with E-state index in [0.717, 1.165) is 22.8 Å². The second kappa shape index (κ2) is 5.21. The fraction of sp³-hybridized carbons (Fsp3) is 0.214. The molecule has 21 heavy (non-hydrogen) atoms. The maximum atomic E-state index is 6.14. The van der Waals surface area contributed by atoms with Crippen LogP contribution in [0, 0.1) is 6.92 Å². The van der Waals surface area contributed by atoms with Gasteiger partial charge in [-0.2, -0.15) is 19.6 Å². The zero-order valence-electron chi connectivity index (χ0n) is 12.0. The predicted molar refractivity (Wildman–Crippen MR) is 84.6 cm³/mol. The topological polar surface area (TPSA) is 58.4 Å². The van der Waals surface area contributed by atoms with Gasteiger partial charge < -0.3 is 10.2 Å². The van der Waals surface area contributed by atoms with Crippen LogP contribution in [-0.2, 0) is 0 Å². The van der Waals surface area contributed by atoms with E-state index in [0.29, 0.717) is 10.9 Å². The fourth-order valence-electron chi connectivity index (χ4n) is 2.02. The van der Waals surface area contributed by atoms with Crippen LogP contribution in [-0.4, -0.2) is 33.7 Å². The Balaban J connectivity index is 2.01. The van der Waals surface area contributed by atoms with E-state index in [1.165, 1.54) is 6.33 Å². The van der Waals surface area contributed by atoms with E-state index < -0.39 is 0 Å². The van der Waals surface area contributed by atoms with Gasteiger partial charge in [0.2, 0.25) is 0 Å². The van der Waals surface area contributed by atoms with E-state index in [1.807, 2.05) is 50.2 Å². The summed E-state index contributed by atoms with van der Waals surface area (Å²) in [6.45, 7) is 1.90. The average molecular weight is 303 g/mol. The van der Waals surface area contributed by atoms with Crippen LogP contribution in [0.2, 0.25) is 5.15 Å². The number of halogens is 1. The van der Waals surface area contributed by atoms with Crippen molar-refractivity contribution < 1.29 is 0 Å². The summed E-state index contributed by atoms with van der Waals surface area (Å²) in [5.41, 5.74) is 2.91. The molecule has 0 fully saturated rings. The molecule has 1 aromatic carbocycles. The molecule has 0 bridgehead atoms. The third kappa shape index (κ3) is 2.50. The van der Waals surface area contributed by atoms with Crippen LogP contribution in [0.25, 0.3) is 5.78 Å². The van der Waals surface area contributed by atoms with Crippen LogP contribution >= 0.6 is 11.6 Å². The molecule has 0 aliphatic carbocycles. The molecule has 0 spiro atoms. The molecule has 1 N–H and O–H groups in total. The predicted octanol–water partition coefficient (Wildman–Crippen LogP) is 2.90. The smallest absolute Gasteiger partial charge is 0.255 e. The van der Waals surface area contributed by atoms with Gasteiger partial charge in [-0.05, 0) is 31.2 Å². The van der Waals surface area contributed by atoms with Gasteiger partial charge in [-0.25, -0.2) is 0 Å². The van der Waals surface area contributed by atoms with Gasteiger partial charge in [-0.15, -0.1) is 0 Å². The fourth-order valence-corrected chi connectivity index (χ4v) is 2.19. The first-order valence-corrected chi connectivity index (χ1v) is 6.84. The quantitative estimate of drug-likeness (QED) is 0.754. The van der Waals surface area contributed by atoms with Crippen molar-refractivity contribution in [3.05, 3.63) is 41.3 Å². The van der Waals surface area contributed by atoms with Crippen molar-refractivity contribution in [2.24, 2.45) is 0 Å². The van der Waals surface area contributed by atoms with Gasteiger partial charge in [0.05, 0.1) is 0 Å². The van der Waals surface area contributed by atoms with Crippen molar-refractivity contribution in [2.75, 3.05) is 24.3 Å². The lowest BCUT2D eigenvalue weighted by Crippen LogP contribution is -2.08. The first-order valence-electron chi connectivity index (χ1n) is 6.46. The molecular formula is C14H15ClN6. The standard InChI is InChI=1S/C14H15ClN6/c1-9-12(15)19-14-16-8-17-21(14)13(9)18-10-4-6-11(7-5-10)20(2)3/h4-8,18H,1-3H3. The first-order chi connectivity index (χ1) is 10.1. The monoisotopic (exact) mass is 302 g/mol. The summed E-state index contributed by atoms with van der Waals surface area (Å²) in [6.07, 6.45) is 1.46. The van der Waals surface area contributed by atoms with Crippen molar-refractivity contribution in [3.8, 4) is 0 Å². The third-order valence-corrected chi connectivity index (χ3v) is 3.62. The number of benzene rings is 1. The Bertz CT molecular complexity index is 778. The molecule has 2 aromatic heterocycles. The summed E-state index contributed by atoms with van der Waals surface area (Å²) in [5, 5.41) is 7.92. The number of anilines is 3. The minimum absolute atomic E-state index is 0.419. The van der Waals surface area contributed by atoms with Gasteiger partial charge in [-0.1, -0.05) is 11.6 Å². The Morgan fingerprint density at radius 2 is 1.90 bits per heavy atom. The van der Waals surface area contributed by atoms with Crippen molar-refractivity contribution in [1.29, 1.82) is 0 Å². The van der Waals surface area contributed by atoms with Gasteiger partial charge in [0.25, 0.3) is 5.78 Å². The lowest BCUT2D eigenvalue weighted by Gasteiger charge is -2.15. The van der Waals surface area contributed by atoms with Gasteiger partial charge in [0, 0.05) is 31.0 Å². The van der Waals surface area contributed by atoms with E-state index in [2.05, 4.69) is 20.4 Å². The van der Waals surface area contributed by atoms with Gasteiger partial charge >= 0.3 is 0 Å². The number of nitrogens with zero attached hydrogens (tertiary/aromatic N) is 5. The van der Waals surface area contributed by atoms with E-state index in [-0.39, 0.29) is 0 Å². The molecule has 0 amide bonds. The Kier molecular flexibility index (Phi) is 3.39. The largest absolute Gasteiger partial charge is 0.378 e. The summed E-state index contributed by atoms with van der Waals surface area (Å²) in [4.78, 5) is 10.3.